The summed E-state index contributed by atoms with van der Waals surface area (Å²) in [6.07, 6.45) is 1.66. The molecule has 0 radical (unpaired) electrons. The van der Waals surface area contributed by atoms with Crippen molar-refractivity contribution in [2.75, 3.05) is 6.61 Å². The van der Waals surface area contributed by atoms with Crippen LogP contribution in [-0.4, -0.2) is 32.8 Å². The van der Waals surface area contributed by atoms with Gasteiger partial charge in [0.1, 0.15) is 0 Å². The summed E-state index contributed by atoms with van der Waals surface area (Å²) in [5, 5.41) is 0. The molecule has 0 amide bonds. The first-order valence-corrected chi connectivity index (χ1v) is 9.32. The largest absolute Gasteiger partial charge is 0.454 e. The number of ether oxygens (including phenoxy) is 1. The lowest BCUT2D eigenvalue weighted by Crippen LogP contribution is -2.27. The van der Waals surface area contributed by atoms with Gasteiger partial charge in [0.2, 0.25) is 10.0 Å². The molecule has 132 valence electrons. The van der Waals surface area contributed by atoms with E-state index in [1.807, 2.05) is 0 Å². The Balaban J connectivity index is 2.16. The molecule has 1 aliphatic rings. The Morgan fingerprint density at radius 3 is 2.42 bits per heavy atom. The van der Waals surface area contributed by atoms with Crippen molar-refractivity contribution in [1.29, 1.82) is 0 Å². The molecule has 0 atom stereocenters. The molecule has 7 heteroatoms. The van der Waals surface area contributed by atoms with Crippen LogP contribution in [-0.2, 0) is 19.6 Å². The molecule has 0 spiro atoms. The van der Waals surface area contributed by atoms with Crippen LogP contribution in [0.15, 0.2) is 23.1 Å². The number of esters is 1. The normalized spacial score (nSPS) is 15.2. The van der Waals surface area contributed by atoms with Crippen LogP contribution in [0.4, 0.5) is 0 Å². The van der Waals surface area contributed by atoms with Crippen molar-refractivity contribution < 1.29 is 22.7 Å². The van der Waals surface area contributed by atoms with Crippen LogP contribution in [0.5, 0.6) is 0 Å². The topological polar surface area (TPSA) is 89.5 Å². The van der Waals surface area contributed by atoms with E-state index in [9.17, 15) is 18.0 Å². The highest BCUT2D eigenvalue weighted by Gasteiger charge is 2.29. The SMILES string of the molecule is Cc1ccc(S(=O)(=O)NC2CC2)cc1C(=O)OCC(=O)C(C)(C)C. The molecule has 1 N–H and O–H groups in total. The van der Waals surface area contributed by atoms with Gasteiger partial charge in [-0.05, 0) is 37.5 Å². The maximum atomic E-state index is 12.2. The van der Waals surface area contributed by atoms with E-state index in [0.717, 1.165) is 12.8 Å². The molecule has 24 heavy (non-hydrogen) atoms. The Hall–Kier alpha value is -1.73. The highest BCUT2D eigenvalue weighted by Crippen LogP contribution is 2.23. The zero-order chi connectivity index (χ0) is 18.1. The molecule has 1 fully saturated rings. The zero-order valence-electron chi connectivity index (χ0n) is 14.4. The van der Waals surface area contributed by atoms with Crippen LogP contribution in [0.25, 0.3) is 0 Å². The fourth-order valence-electron chi connectivity index (χ4n) is 1.90. The summed E-state index contributed by atoms with van der Waals surface area (Å²) >= 11 is 0. The summed E-state index contributed by atoms with van der Waals surface area (Å²) in [5.41, 5.74) is 0.137. The number of aryl methyl sites for hydroxylation is 1. The average molecular weight is 353 g/mol. The van der Waals surface area contributed by atoms with Crippen LogP contribution in [0.1, 0.15) is 49.5 Å². The third-order valence-corrected chi connectivity index (χ3v) is 5.33. The van der Waals surface area contributed by atoms with Gasteiger partial charge in [-0.3, -0.25) is 4.79 Å². The highest BCUT2D eigenvalue weighted by atomic mass is 32.2. The summed E-state index contributed by atoms with van der Waals surface area (Å²) < 4.78 is 32.1. The van der Waals surface area contributed by atoms with Crippen LogP contribution < -0.4 is 4.72 Å². The number of carbonyl (C=O) groups excluding carboxylic acids is 2. The van der Waals surface area contributed by atoms with Gasteiger partial charge in [-0.15, -0.1) is 0 Å². The Kier molecular flexibility index (Phi) is 5.15. The first kappa shape index (κ1) is 18.6. The fraction of sp³-hybridized carbons (Fsp3) is 0.529. The summed E-state index contributed by atoms with van der Waals surface area (Å²) in [4.78, 5) is 24.1. The predicted molar refractivity (Wildman–Crippen MR) is 89.3 cm³/mol. The van der Waals surface area contributed by atoms with Crippen molar-refractivity contribution in [3.05, 3.63) is 29.3 Å². The predicted octanol–water partition coefficient (Wildman–Crippen LogP) is 2.21. The molecule has 0 bridgehead atoms. The number of nitrogens with one attached hydrogen (secondary N) is 1. The molecular weight excluding hydrogens is 330 g/mol. The van der Waals surface area contributed by atoms with Gasteiger partial charge in [-0.25, -0.2) is 17.9 Å². The number of hydrogen-bond acceptors (Lipinski definition) is 5. The van der Waals surface area contributed by atoms with Gasteiger partial charge in [-0.1, -0.05) is 26.8 Å². The summed E-state index contributed by atoms with van der Waals surface area (Å²) in [5.74, 6) is -0.902. The minimum Gasteiger partial charge on any atom is -0.454 e. The van der Waals surface area contributed by atoms with Gasteiger partial charge in [0.25, 0.3) is 0 Å². The van der Waals surface area contributed by atoms with E-state index in [1.165, 1.54) is 12.1 Å². The van der Waals surface area contributed by atoms with E-state index in [2.05, 4.69) is 4.72 Å². The second-order valence-electron chi connectivity index (χ2n) is 7.12. The van der Waals surface area contributed by atoms with Crippen LogP contribution in [0.2, 0.25) is 0 Å². The number of Topliss-reactive ketones (excluding diaryl/α,β-unsaturated/α-hetero) is 1. The van der Waals surface area contributed by atoms with Gasteiger partial charge in [0.05, 0.1) is 10.5 Å². The lowest BCUT2D eigenvalue weighted by molar-refractivity contribution is -0.129. The molecule has 1 saturated carbocycles. The van der Waals surface area contributed by atoms with Crippen molar-refractivity contribution in [3.63, 3.8) is 0 Å². The Morgan fingerprint density at radius 1 is 1.25 bits per heavy atom. The molecule has 1 aromatic rings. The number of carbonyl (C=O) groups is 2. The van der Waals surface area contributed by atoms with Crippen molar-refractivity contribution in [2.24, 2.45) is 5.41 Å². The molecule has 1 aliphatic carbocycles. The Morgan fingerprint density at radius 2 is 1.88 bits per heavy atom. The van der Waals surface area contributed by atoms with E-state index >= 15 is 0 Å². The van der Waals surface area contributed by atoms with E-state index in [1.54, 1.807) is 33.8 Å². The minimum atomic E-state index is -3.65. The monoisotopic (exact) mass is 353 g/mol. The highest BCUT2D eigenvalue weighted by molar-refractivity contribution is 7.89. The Bertz CT molecular complexity index is 758. The quantitative estimate of drug-likeness (QED) is 0.792. The van der Waals surface area contributed by atoms with Gasteiger partial charge in [0, 0.05) is 11.5 Å². The second-order valence-corrected chi connectivity index (χ2v) is 8.84. The second kappa shape index (κ2) is 6.64. The van der Waals surface area contributed by atoms with Crippen LogP contribution in [0.3, 0.4) is 0 Å². The van der Waals surface area contributed by atoms with Crippen molar-refractivity contribution >= 4 is 21.8 Å². The van der Waals surface area contributed by atoms with Crippen LogP contribution >= 0.6 is 0 Å². The van der Waals surface area contributed by atoms with Crippen molar-refractivity contribution in [1.82, 2.24) is 4.72 Å². The number of ketones is 1. The first-order chi connectivity index (χ1) is 11.0. The molecular formula is C17H23NO5S. The van der Waals surface area contributed by atoms with Gasteiger partial charge >= 0.3 is 5.97 Å². The minimum absolute atomic E-state index is 0.0175. The van der Waals surface area contributed by atoms with Crippen LogP contribution in [0, 0.1) is 12.3 Å². The number of sulfonamides is 1. The van der Waals surface area contributed by atoms with Gasteiger partial charge < -0.3 is 4.74 Å². The molecule has 0 aliphatic heterocycles. The average Bonchev–Trinajstić information content (AvgIpc) is 3.26. The van der Waals surface area contributed by atoms with Gasteiger partial charge in [-0.2, -0.15) is 0 Å². The third kappa shape index (κ3) is 4.64. The number of hydrogen-bond donors (Lipinski definition) is 1. The summed E-state index contributed by atoms with van der Waals surface area (Å²) in [6.45, 7) is 6.58. The summed E-state index contributed by atoms with van der Waals surface area (Å²) in [6, 6.07) is 4.29. The Labute approximate surface area is 142 Å². The van der Waals surface area contributed by atoms with Crippen molar-refractivity contribution in [3.8, 4) is 0 Å². The molecule has 0 saturated heterocycles. The molecule has 6 nitrogen and oxygen atoms in total. The standard InChI is InChI=1S/C17H23NO5S/c1-11-5-8-13(24(21,22)18-12-6-7-12)9-14(11)16(20)23-10-15(19)17(2,3)4/h5,8-9,12,18H,6-7,10H2,1-4H3. The lowest BCUT2D eigenvalue weighted by Gasteiger charge is -2.16. The molecule has 0 aromatic heterocycles. The van der Waals surface area contributed by atoms with E-state index in [0.29, 0.717) is 5.56 Å². The van der Waals surface area contributed by atoms with E-state index in [4.69, 9.17) is 4.74 Å². The van der Waals surface area contributed by atoms with E-state index < -0.39 is 21.4 Å². The zero-order valence-corrected chi connectivity index (χ0v) is 15.2. The van der Waals surface area contributed by atoms with Crippen molar-refractivity contribution in [2.45, 2.75) is 51.5 Å². The maximum Gasteiger partial charge on any atom is 0.338 e. The molecule has 0 unspecified atom stereocenters. The molecule has 1 aromatic carbocycles. The number of benzene rings is 1. The summed E-state index contributed by atoms with van der Waals surface area (Å²) in [7, 11) is -3.65. The first-order valence-electron chi connectivity index (χ1n) is 7.84. The fourth-order valence-corrected chi connectivity index (χ4v) is 3.23. The van der Waals surface area contributed by atoms with Gasteiger partial charge in [0.15, 0.2) is 12.4 Å². The maximum absolute atomic E-state index is 12.2. The third-order valence-electron chi connectivity index (χ3n) is 3.81. The molecule has 0 heterocycles. The molecule has 2 rings (SSSR count). The number of rotatable bonds is 6. The van der Waals surface area contributed by atoms with E-state index in [-0.39, 0.29) is 28.9 Å². The smallest absolute Gasteiger partial charge is 0.338 e. The lowest BCUT2D eigenvalue weighted by atomic mass is 9.91.